The minimum atomic E-state index is -0.359. The zero-order valence-electron chi connectivity index (χ0n) is 14.4. The van der Waals surface area contributed by atoms with E-state index in [-0.39, 0.29) is 11.9 Å². The molecule has 0 N–H and O–H groups in total. The van der Waals surface area contributed by atoms with Crippen molar-refractivity contribution in [3.63, 3.8) is 0 Å². The van der Waals surface area contributed by atoms with E-state index in [9.17, 15) is 9.59 Å². The third kappa shape index (κ3) is 45.6. The number of alkyl halides is 1. The Hall–Kier alpha value is -1.33. The molecule has 0 spiro atoms. The van der Waals surface area contributed by atoms with Crippen LogP contribution in [0, 0.1) is 0 Å². The highest BCUT2D eigenvalue weighted by atomic mass is 35.5. The van der Waals surface area contributed by atoms with Crippen LogP contribution in [0.2, 0.25) is 0 Å². The van der Waals surface area contributed by atoms with Crippen molar-refractivity contribution in [1.29, 1.82) is 0 Å². The first-order valence-electron chi connectivity index (χ1n) is 6.33. The molecule has 0 aliphatic heterocycles. The second-order valence-corrected chi connectivity index (χ2v) is 3.80. The van der Waals surface area contributed by atoms with E-state index < -0.39 is 0 Å². The van der Waals surface area contributed by atoms with Crippen molar-refractivity contribution < 1.29 is 19.1 Å². The second kappa shape index (κ2) is 23.7. The lowest BCUT2D eigenvalue weighted by molar-refractivity contribution is -0.138. The Morgan fingerprint density at radius 2 is 1.43 bits per heavy atom. The monoisotopic (exact) mass is 323 g/mol. The SMILES string of the molecule is C=C(C)C(=O)OCC.C=CC(=O)OCC.CCl.CN(C)C. The summed E-state index contributed by atoms with van der Waals surface area (Å²) in [5, 5.41) is 0. The molecular formula is C15H30ClNO4. The zero-order valence-corrected chi connectivity index (χ0v) is 15.1. The lowest BCUT2D eigenvalue weighted by atomic mass is 10.4. The predicted molar refractivity (Wildman–Crippen MR) is 89.7 cm³/mol. The van der Waals surface area contributed by atoms with Crippen LogP contribution in [-0.4, -0.2) is 57.6 Å². The number of hydrogen-bond donors (Lipinski definition) is 0. The first-order chi connectivity index (χ1) is 9.72. The Kier molecular flexibility index (Phi) is 31.6. The van der Waals surface area contributed by atoms with Crippen molar-refractivity contribution in [3.05, 3.63) is 24.8 Å². The van der Waals surface area contributed by atoms with Crippen molar-refractivity contribution in [1.82, 2.24) is 4.90 Å². The molecule has 0 radical (unpaired) electrons. The van der Waals surface area contributed by atoms with Crippen molar-refractivity contribution in [3.8, 4) is 0 Å². The maximum atomic E-state index is 10.4. The Morgan fingerprint density at radius 1 is 1.10 bits per heavy atom. The molecule has 0 saturated carbocycles. The van der Waals surface area contributed by atoms with Gasteiger partial charge >= 0.3 is 11.9 Å². The van der Waals surface area contributed by atoms with Gasteiger partial charge in [0.05, 0.1) is 13.2 Å². The first kappa shape index (κ1) is 27.9. The number of rotatable bonds is 4. The van der Waals surface area contributed by atoms with Crippen molar-refractivity contribution >= 4 is 23.5 Å². The molecule has 0 aromatic carbocycles. The molecule has 5 nitrogen and oxygen atoms in total. The fourth-order valence-corrected chi connectivity index (χ4v) is 0.455. The van der Waals surface area contributed by atoms with Crippen LogP contribution in [0.25, 0.3) is 0 Å². The summed E-state index contributed by atoms with van der Waals surface area (Å²) in [5.41, 5.74) is 0.451. The van der Waals surface area contributed by atoms with Crippen molar-refractivity contribution in [2.75, 3.05) is 40.7 Å². The van der Waals surface area contributed by atoms with Gasteiger partial charge in [0.2, 0.25) is 0 Å². The standard InChI is InChI=1S/C6H10O2.C5H8O2.C3H9N.CH3Cl/c1-4-8-6(7)5(2)3;1-3-5(6)7-4-2;1-4(2)3;1-2/h2,4H2,1,3H3;3H,1,4H2,2H3;1-3H3;1H3. The minimum absolute atomic E-state index is 0.312. The van der Waals surface area contributed by atoms with Gasteiger partial charge in [-0.25, -0.2) is 9.59 Å². The number of esters is 2. The number of ether oxygens (including phenoxy) is 2. The molecule has 0 amide bonds. The lowest BCUT2D eigenvalue weighted by Crippen LogP contribution is -2.03. The van der Waals surface area contributed by atoms with Crippen molar-refractivity contribution in [2.24, 2.45) is 0 Å². The largest absolute Gasteiger partial charge is 0.463 e. The predicted octanol–water partition coefficient (Wildman–Crippen LogP) is 2.89. The highest BCUT2D eigenvalue weighted by Gasteiger charge is 1.98. The molecule has 0 aliphatic carbocycles. The number of nitrogens with zero attached hydrogens (tertiary/aromatic N) is 1. The average molecular weight is 324 g/mol. The van der Waals surface area contributed by atoms with E-state index in [1.165, 1.54) is 6.38 Å². The highest BCUT2D eigenvalue weighted by molar-refractivity contribution is 6.15. The van der Waals surface area contributed by atoms with Gasteiger partial charge < -0.3 is 14.4 Å². The summed E-state index contributed by atoms with van der Waals surface area (Å²) >= 11 is 4.64. The third-order valence-electron chi connectivity index (χ3n) is 1.08. The molecular weight excluding hydrogens is 294 g/mol. The van der Waals surface area contributed by atoms with Gasteiger partial charge in [-0.15, -0.1) is 11.6 Å². The lowest BCUT2D eigenvalue weighted by Gasteiger charge is -1.96. The molecule has 0 heterocycles. The quantitative estimate of drug-likeness (QED) is 0.452. The summed E-state index contributed by atoms with van der Waals surface area (Å²) in [5.74, 6) is -0.671. The van der Waals surface area contributed by atoms with E-state index >= 15 is 0 Å². The molecule has 0 fully saturated rings. The Bertz CT molecular complexity index is 276. The number of carbonyl (C=O) groups is 2. The molecule has 6 heteroatoms. The van der Waals surface area contributed by atoms with Crippen molar-refractivity contribution in [2.45, 2.75) is 20.8 Å². The molecule has 0 atom stereocenters. The summed E-state index contributed by atoms with van der Waals surface area (Å²) in [7, 11) is 6.00. The summed E-state index contributed by atoms with van der Waals surface area (Å²) in [6.07, 6.45) is 2.61. The average Bonchev–Trinajstić information content (AvgIpc) is 2.41. The van der Waals surface area contributed by atoms with Crippen LogP contribution in [0.1, 0.15) is 20.8 Å². The summed E-state index contributed by atoms with van der Waals surface area (Å²) in [4.78, 5) is 22.5. The number of carbonyl (C=O) groups excluding carboxylic acids is 2. The summed E-state index contributed by atoms with van der Waals surface area (Å²) in [6.45, 7) is 12.6. The molecule has 0 saturated heterocycles. The molecule has 21 heavy (non-hydrogen) atoms. The van der Waals surface area contributed by atoms with Crippen LogP contribution in [0.4, 0.5) is 0 Å². The maximum absolute atomic E-state index is 10.4. The van der Waals surface area contributed by atoms with Gasteiger partial charge in [-0.05, 0) is 41.9 Å². The molecule has 126 valence electrons. The van der Waals surface area contributed by atoms with Crippen LogP contribution >= 0.6 is 11.6 Å². The van der Waals surface area contributed by atoms with E-state index in [1.807, 2.05) is 26.0 Å². The van der Waals surface area contributed by atoms with Gasteiger partial charge in [-0.1, -0.05) is 13.2 Å². The van der Waals surface area contributed by atoms with Gasteiger partial charge in [0, 0.05) is 18.0 Å². The molecule has 0 aromatic rings. The first-order valence-corrected chi connectivity index (χ1v) is 7.08. The van der Waals surface area contributed by atoms with Crippen LogP contribution in [0.5, 0.6) is 0 Å². The third-order valence-corrected chi connectivity index (χ3v) is 1.08. The van der Waals surface area contributed by atoms with Crippen LogP contribution < -0.4 is 0 Å². The fourth-order valence-electron chi connectivity index (χ4n) is 0.455. The molecule has 0 rings (SSSR count). The van der Waals surface area contributed by atoms with E-state index in [0.717, 1.165) is 6.08 Å². The summed E-state index contributed by atoms with van der Waals surface area (Å²) in [6, 6.07) is 0. The van der Waals surface area contributed by atoms with E-state index in [0.29, 0.717) is 18.8 Å². The van der Waals surface area contributed by atoms with E-state index in [4.69, 9.17) is 0 Å². The van der Waals surface area contributed by atoms with Gasteiger partial charge in [-0.2, -0.15) is 0 Å². The zero-order chi connectivity index (χ0) is 17.8. The summed E-state index contributed by atoms with van der Waals surface area (Å²) < 4.78 is 9.00. The Labute approximate surface area is 134 Å². The van der Waals surface area contributed by atoms with Crippen LogP contribution in [0.3, 0.4) is 0 Å². The fraction of sp³-hybridized carbons (Fsp3) is 0.600. The van der Waals surface area contributed by atoms with Gasteiger partial charge in [-0.3, -0.25) is 0 Å². The smallest absolute Gasteiger partial charge is 0.333 e. The van der Waals surface area contributed by atoms with Gasteiger partial charge in [0.15, 0.2) is 0 Å². The van der Waals surface area contributed by atoms with E-state index in [2.05, 4.69) is 34.2 Å². The van der Waals surface area contributed by atoms with Crippen LogP contribution in [0.15, 0.2) is 24.8 Å². The second-order valence-electron chi connectivity index (χ2n) is 3.80. The number of hydrogen-bond acceptors (Lipinski definition) is 5. The van der Waals surface area contributed by atoms with E-state index in [1.54, 1.807) is 20.8 Å². The van der Waals surface area contributed by atoms with Gasteiger partial charge in [0.25, 0.3) is 0 Å². The topological polar surface area (TPSA) is 55.8 Å². The minimum Gasteiger partial charge on any atom is -0.463 e. The van der Waals surface area contributed by atoms with Gasteiger partial charge in [0.1, 0.15) is 0 Å². The molecule has 0 unspecified atom stereocenters. The highest BCUT2D eigenvalue weighted by Crippen LogP contribution is 1.89. The molecule has 0 aromatic heterocycles. The molecule has 0 bridgehead atoms. The Morgan fingerprint density at radius 3 is 1.52 bits per heavy atom. The normalized spacial score (nSPS) is 7.67. The Balaban J connectivity index is -0.000000102. The van der Waals surface area contributed by atoms with Crippen LogP contribution in [-0.2, 0) is 19.1 Å². The molecule has 0 aliphatic rings. The number of halogens is 1. The maximum Gasteiger partial charge on any atom is 0.333 e.